The third kappa shape index (κ3) is 2.22. The van der Waals surface area contributed by atoms with Crippen LogP contribution in [0.4, 0.5) is 0 Å². The van der Waals surface area contributed by atoms with Gasteiger partial charge in [0.2, 0.25) is 18.2 Å². The maximum absolute atomic E-state index is 12.8. The monoisotopic (exact) mass is 323 g/mol. The van der Waals surface area contributed by atoms with Gasteiger partial charge in [-0.05, 0) is 26.7 Å². The van der Waals surface area contributed by atoms with Gasteiger partial charge < -0.3 is 25.1 Å². The number of carbonyl (C=O) groups is 2. The first-order chi connectivity index (χ1) is 10.9. The van der Waals surface area contributed by atoms with Crippen LogP contribution in [0.25, 0.3) is 0 Å². The summed E-state index contributed by atoms with van der Waals surface area (Å²) in [5.74, 6) is -0.154. The number of carbonyl (C=O) groups excluding carboxylic acids is 2. The van der Waals surface area contributed by atoms with Gasteiger partial charge in [-0.3, -0.25) is 9.59 Å². The zero-order chi connectivity index (χ0) is 16.8. The smallest absolute Gasteiger partial charge is 0.251 e. The Morgan fingerprint density at radius 2 is 2.39 bits per heavy atom. The minimum Gasteiger partial charge on any atom is -0.426 e. The molecule has 3 heterocycles. The number of β-lactam (4-membered cyclic amide) rings is 1. The standard InChI is InChI=1S/C14H21N5O4/c1-8(20)11(15)12(21)19-5-3-4-14(19)9(2)18(13(14)22)6-10-17-16-7-23-10/h7-9,11,20H,3-6,15H2,1-2H3. The summed E-state index contributed by atoms with van der Waals surface area (Å²) in [6, 6.07) is -1.19. The average Bonchev–Trinajstić information content (AvgIpc) is 3.20. The van der Waals surface area contributed by atoms with Crippen LogP contribution in [0.1, 0.15) is 32.6 Å². The highest BCUT2D eigenvalue weighted by Crippen LogP contribution is 2.45. The van der Waals surface area contributed by atoms with E-state index in [2.05, 4.69) is 10.2 Å². The molecule has 0 bridgehead atoms. The summed E-state index contributed by atoms with van der Waals surface area (Å²) in [4.78, 5) is 28.5. The highest BCUT2D eigenvalue weighted by Gasteiger charge is 2.65. The molecule has 4 atom stereocenters. The summed E-state index contributed by atoms with van der Waals surface area (Å²) >= 11 is 0. The number of amides is 2. The first-order valence-corrected chi connectivity index (χ1v) is 7.71. The summed E-state index contributed by atoms with van der Waals surface area (Å²) in [6.45, 7) is 4.08. The van der Waals surface area contributed by atoms with E-state index in [0.29, 0.717) is 18.9 Å². The van der Waals surface area contributed by atoms with Crippen LogP contribution in [0.3, 0.4) is 0 Å². The molecule has 0 aliphatic carbocycles. The lowest BCUT2D eigenvalue weighted by Crippen LogP contribution is -2.78. The Morgan fingerprint density at radius 3 is 2.96 bits per heavy atom. The average molecular weight is 323 g/mol. The van der Waals surface area contributed by atoms with Crippen LogP contribution in [-0.2, 0) is 16.1 Å². The van der Waals surface area contributed by atoms with Gasteiger partial charge in [0.1, 0.15) is 11.6 Å². The molecule has 23 heavy (non-hydrogen) atoms. The molecule has 3 N–H and O–H groups in total. The lowest BCUT2D eigenvalue weighted by atomic mass is 9.77. The number of aliphatic hydroxyl groups excluding tert-OH is 1. The molecule has 126 valence electrons. The van der Waals surface area contributed by atoms with Crippen molar-refractivity contribution in [1.82, 2.24) is 20.0 Å². The second-order valence-corrected chi connectivity index (χ2v) is 6.23. The molecule has 0 saturated carbocycles. The molecular weight excluding hydrogens is 302 g/mol. The summed E-state index contributed by atoms with van der Waals surface area (Å²) in [5, 5.41) is 17.0. The Balaban J connectivity index is 1.78. The summed E-state index contributed by atoms with van der Waals surface area (Å²) in [5.41, 5.74) is 4.92. The molecule has 2 saturated heterocycles. The fourth-order valence-corrected chi connectivity index (χ4v) is 3.61. The zero-order valence-electron chi connectivity index (χ0n) is 13.2. The van der Waals surface area contributed by atoms with E-state index in [4.69, 9.17) is 10.2 Å². The van der Waals surface area contributed by atoms with Gasteiger partial charge in [0.05, 0.1) is 18.7 Å². The number of nitrogens with two attached hydrogens (primary N) is 1. The van der Waals surface area contributed by atoms with Crippen LogP contribution < -0.4 is 5.73 Å². The topological polar surface area (TPSA) is 126 Å². The number of likely N-dealkylation sites (tertiary alicyclic amines) is 2. The molecule has 2 amide bonds. The van der Waals surface area contributed by atoms with Gasteiger partial charge in [0.25, 0.3) is 5.91 Å². The maximum atomic E-state index is 12.8. The van der Waals surface area contributed by atoms with Crippen LogP contribution in [-0.4, -0.2) is 67.2 Å². The van der Waals surface area contributed by atoms with Crippen molar-refractivity contribution in [3.8, 4) is 0 Å². The number of hydrogen-bond acceptors (Lipinski definition) is 7. The van der Waals surface area contributed by atoms with Gasteiger partial charge in [0, 0.05) is 6.54 Å². The van der Waals surface area contributed by atoms with E-state index in [1.54, 1.807) is 9.80 Å². The minimum atomic E-state index is -1.02. The molecule has 2 fully saturated rings. The largest absolute Gasteiger partial charge is 0.426 e. The first-order valence-electron chi connectivity index (χ1n) is 7.71. The Kier molecular flexibility index (Phi) is 3.85. The molecule has 0 radical (unpaired) electrons. The molecule has 9 nitrogen and oxygen atoms in total. The molecule has 2 aliphatic rings. The summed E-state index contributed by atoms with van der Waals surface area (Å²) < 4.78 is 5.08. The molecule has 4 unspecified atom stereocenters. The van der Waals surface area contributed by atoms with Crippen LogP contribution in [0.2, 0.25) is 0 Å². The van der Waals surface area contributed by atoms with E-state index in [1.807, 2.05) is 6.92 Å². The SMILES string of the molecule is CC(O)C(N)C(=O)N1CCCC12C(=O)N(Cc1nnco1)C2C. The zero-order valence-corrected chi connectivity index (χ0v) is 13.2. The Labute approximate surface area is 133 Å². The fourth-order valence-electron chi connectivity index (χ4n) is 3.61. The quantitative estimate of drug-likeness (QED) is 0.671. The van der Waals surface area contributed by atoms with E-state index in [0.717, 1.165) is 6.42 Å². The third-order valence-electron chi connectivity index (χ3n) is 4.99. The first kappa shape index (κ1) is 15.9. The Bertz CT molecular complexity index is 604. The van der Waals surface area contributed by atoms with Crippen LogP contribution in [0.15, 0.2) is 10.8 Å². The van der Waals surface area contributed by atoms with Gasteiger partial charge in [-0.25, -0.2) is 0 Å². The second-order valence-electron chi connectivity index (χ2n) is 6.23. The molecule has 1 spiro atoms. The number of aliphatic hydroxyl groups is 1. The van der Waals surface area contributed by atoms with Crippen molar-refractivity contribution >= 4 is 11.8 Å². The van der Waals surface area contributed by atoms with Gasteiger partial charge >= 0.3 is 0 Å². The van der Waals surface area contributed by atoms with Crippen molar-refractivity contribution in [3.63, 3.8) is 0 Å². The number of aromatic nitrogens is 2. The van der Waals surface area contributed by atoms with Gasteiger partial charge in [-0.1, -0.05) is 0 Å². The van der Waals surface area contributed by atoms with Crippen molar-refractivity contribution < 1.29 is 19.1 Å². The van der Waals surface area contributed by atoms with E-state index in [9.17, 15) is 14.7 Å². The van der Waals surface area contributed by atoms with Gasteiger partial charge in [-0.2, -0.15) is 0 Å². The molecule has 9 heteroatoms. The molecular formula is C14H21N5O4. The third-order valence-corrected chi connectivity index (χ3v) is 4.99. The molecule has 1 aromatic rings. The number of hydrogen-bond donors (Lipinski definition) is 2. The fraction of sp³-hybridized carbons (Fsp3) is 0.714. The lowest BCUT2D eigenvalue weighted by molar-refractivity contribution is -0.179. The summed E-state index contributed by atoms with van der Waals surface area (Å²) in [6.07, 6.45) is 1.60. The van der Waals surface area contributed by atoms with Crippen molar-refractivity contribution in [3.05, 3.63) is 12.3 Å². The Morgan fingerprint density at radius 1 is 1.65 bits per heavy atom. The van der Waals surface area contributed by atoms with Crippen molar-refractivity contribution in [2.75, 3.05) is 6.54 Å². The van der Waals surface area contributed by atoms with E-state index >= 15 is 0 Å². The van der Waals surface area contributed by atoms with Gasteiger partial charge in [0.15, 0.2) is 0 Å². The highest BCUT2D eigenvalue weighted by atomic mass is 16.4. The van der Waals surface area contributed by atoms with Crippen molar-refractivity contribution in [1.29, 1.82) is 0 Å². The lowest BCUT2D eigenvalue weighted by Gasteiger charge is -2.56. The summed E-state index contributed by atoms with van der Waals surface area (Å²) in [7, 11) is 0. The molecule has 2 aliphatic heterocycles. The van der Waals surface area contributed by atoms with E-state index in [-0.39, 0.29) is 24.4 Å². The van der Waals surface area contributed by atoms with Crippen LogP contribution in [0, 0.1) is 0 Å². The predicted octanol–water partition coefficient (Wildman–Crippen LogP) is -1.13. The minimum absolute atomic E-state index is 0.133. The number of nitrogens with zero attached hydrogens (tertiary/aromatic N) is 4. The molecule has 3 rings (SSSR count). The maximum Gasteiger partial charge on any atom is 0.251 e. The van der Waals surface area contributed by atoms with Crippen molar-refractivity contribution in [2.24, 2.45) is 5.73 Å². The highest BCUT2D eigenvalue weighted by molar-refractivity contribution is 5.99. The van der Waals surface area contributed by atoms with Crippen LogP contribution >= 0.6 is 0 Å². The molecule has 0 aromatic carbocycles. The van der Waals surface area contributed by atoms with Crippen molar-refractivity contribution in [2.45, 2.75) is 57.0 Å². The van der Waals surface area contributed by atoms with Gasteiger partial charge in [-0.15, -0.1) is 10.2 Å². The normalized spacial score (nSPS) is 29.7. The predicted molar refractivity (Wildman–Crippen MR) is 77.6 cm³/mol. The molecule has 1 aromatic heterocycles. The number of rotatable bonds is 4. The second kappa shape index (κ2) is 5.57. The van der Waals surface area contributed by atoms with Crippen LogP contribution in [0.5, 0.6) is 0 Å². The Hall–Kier alpha value is -2.00. The van der Waals surface area contributed by atoms with E-state index < -0.39 is 17.7 Å². The van der Waals surface area contributed by atoms with E-state index in [1.165, 1.54) is 13.3 Å².